The molecule has 1 aromatic heterocycles. The van der Waals surface area contributed by atoms with Crippen molar-refractivity contribution in [2.24, 2.45) is 0 Å². The molecule has 4 aromatic rings. The van der Waals surface area contributed by atoms with Gasteiger partial charge >= 0.3 is 0 Å². The maximum absolute atomic E-state index is 13.2. The van der Waals surface area contributed by atoms with Crippen LogP contribution in [0.3, 0.4) is 0 Å². The number of anilines is 1. The molecule has 0 bridgehead atoms. The predicted molar refractivity (Wildman–Crippen MR) is 125 cm³/mol. The van der Waals surface area contributed by atoms with E-state index in [-0.39, 0.29) is 11.7 Å². The SMILES string of the molecule is Cc1nc(-c2cccc(N)c2)cc2c1C(=O)N(Cc1ccccc1Oc1ccc(F)cc1)C2. The van der Waals surface area contributed by atoms with Gasteiger partial charge in [0.15, 0.2) is 0 Å². The van der Waals surface area contributed by atoms with E-state index in [9.17, 15) is 9.18 Å². The average molecular weight is 439 g/mol. The fourth-order valence-electron chi connectivity index (χ4n) is 4.13. The number of nitrogens with zero attached hydrogens (tertiary/aromatic N) is 2. The number of para-hydroxylation sites is 1. The quantitative estimate of drug-likeness (QED) is 0.404. The summed E-state index contributed by atoms with van der Waals surface area (Å²) in [7, 11) is 0. The Morgan fingerprint density at radius 2 is 1.82 bits per heavy atom. The van der Waals surface area contributed by atoms with E-state index in [2.05, 4.69) is 4.98 Å². The third-order valence-corrected chi connectivity index (χ3v) is 5.70. The molecule has 0 fully saturated rings. The van der Waals surface area contributed by atoms with Gasteiger partial charge in [0, 0.05) is 23.4 Å². The molecule has 3 aromatic carbocycles. The van der Waals surface area contributed by atoms with E-state index in [4.69, 9.17) is 10.5 Å². The number of pyridine rings is 1. The Morgan fingerprint density at radius 1 is 1.03 bits per heavy atom. The molecule has 2 N–H and O–H groups in total. The number of rotatable bonds is 5. The van der Waals surface area contributed by atoms with E-state index < -0.39 is 0 Å². The molecule has 0 saturated carbocycles. The van der Waals surface area contributed by atoms with Gasteiger partial charge in [-0.15, -0.1) is 0 Å². The Balaban J connectivity index is 1.41. The number of aromatic nitrogens is 1. The van der Waals surface area contributed by atoms with E-state index in [0.717, 1.165) is 22.4 Å². The van der Waals surface area contributed by atoms with Gasteiger partial charge in [-0.2, -0.15) is 0 Å². The lowest BCUT2D eigenvalue weighted by atomic mass is 10.0. The first-order chi connectivity index (χ1) is 16.0. The summed E-state index contributed by atoms with van der Waals surface area (Å²) in [5.74, 6) is 0.790. The summed E-state index contributed by atoms with van der Waals surface area (Å²) < 4.78 is 19.2. The Labute approximate surface area is 191 Å². The van der Waals surface area contributed by atoms with Crippen molar-refractivity contribution in [2.75, 3.05) is 5.73 Å². The van der Waals surface area contributed by atoms with Gasteiger partial charge in [-0.1, -0.05) is 30.3 Å². The van der Waals surface area contributed by atoms with Crippen molar-refractivity contribution in [1.82, 2.24) is 9.88 Å². The summed E-state index contributed by atoms with van der Waals surface area (Å²) in [5, 5.41) is 0. The molecule has 1 amide bonds. The number of nitrogens with two attached hydrogens (primary N) is 1. The summed E-state index contributed by atoms with van der Waals surface area (Å²) in [6.45, 7) is 2.73. The largest absolute Gasteiger partial charge is 0.457 e. The summed E-state index contributed by atoms with van der Waals surface area (Å²) in [6.07, 6.45) is 0. The summed E-state index contributed by atoms with van der Waals surface area (Å²) in [6, 6.07) is 23.0. The van der Waals surface area contributed by atoms with E-state index in [0.29, 0.717) is 41.5 Å². The number of ether oxygens (including phenoxy) is 1. The zero-order valence-electron chi connectivity index (χ0n) is 18.1. The first-order valence-electron chi connectivity index (χ1n) is 10.6. The highest BCUT2D eigenvalue weighted by molar-refractivity contribution is 5.99. The molecule has 0 aliphatic carbocycles. The molecule has 5 nitrogen and oxygen atoms in total. The van der Waals surface area contributed by atoms with E-state index in [1.807, 2.05) is 61.5 Å². The second kappa shape index (κ2) is 8.39. The summed E-state index contributed by atoms with van der Waals surface area (Å²) in [5.41, 5.74) is 11.5. The molecule has 1 aliphatic rings. The van der Waals surface area contributed by atoms with Crippen molar-refractivity contribution in [3.8, 4) is 22.8 Å². The Bertz CT molecular complexity index is 1350. The fraction of sp³-hybridized carbons (Fsp3) is 0.111. The normalized spacial score (nSPS) is 12.7. The molecule has 33 heavy (non-hydrogen) atoms. The molecule has 0 spiro atoms. The zero-order valence-corrected chi connectivity index (χ0v) is 18.1. The molecule has 0 saturated heterocycles. The topological polar surface area (TPSA) is 68.5 Å². The van der Waals surface area contributed by atoms with Crippen LogP contribution in [0.2, 0.25) is 0 Å². The van der Waals surface area contributed by atoms with Crippen LogP contribution in [-0.2, 0) is 13.1 Å². The third-order valence-electron chi connectivity index (χ3n) is 5.70. The van der Waals surface area contributed by atoms with E-state index in [1.54, 1.807) is 17.0 Å². The number of carbonyl (C=O) groups is 1. The van der Waals surface area contributed by atoms with Gasteiger partial charge in [-0.3, -0.25) is 9.78 Å². The number of hydrogen-bond donors (Lipinski definition) is 1. The minimum Gasteiger partial charge on any atom is -0.457 e. The van der Waals surface area contributed by atoms with E-state index in [1.165, 1.54) is 12.1 Å². The lowest BCUT2D eigenvalue weighted by molar-refractivity contribution is 0.0765. The molecular formula is C27H22FN3O2. The number of benzene rings is 3. The number of fused-ring (bicyclic) bond motifs is 1. The van der Waals surface area contributed by atoms with Crippen LogP contribution in [0.4, 0.5) is 10.1 Å². The first kappa shape index (κ1) is 20.7. The number of nitrogen functional groups attached to an aromatic ring is 1. The van der Waals surface area contributed by atoms with Crippen LogP contribution in [0.1, 0.15) is 27.2 Å². The molecular weight excluding hydrogens is 417 g/mol. The third kappa shape index (κ3) is 4.15. The number of aryl methyl sites for hydroxylation is 1. The molecule has 164 valence electrons. The van der Waals surface area contributed by atoms with Crippen LogP contribution >= 0.6 is 0 Å². The lowest BCUT2D eigenvalue weighted by Gasteiger charge is -2.18. The van der Waals surface area contributed by atoms with Crippen LogP contribution in [0.25, 0.3) is 11.3 Å². The van der Waals surface area contributed by atoms with Gasteiger partial charge < -0.3 is 15.4 Å². The second-order valence-corrected chi connectivity index (χ2v) is 8.08. The Hall–Kier alpha value is -4.19. The molecule has 5 rings (SSSR count). The number of halogens is 1. The second-order valence-electron chi connectivity index (χ2n) is 8.08. The van der Waals surface area contributed by atoms with Crippen molar-refractivity contribution in [3.05, 3.63) is 107 Å². The van der Waals surface area contributed by atoms with E-state index >= 15 is 0 Å². The minimum absolute atomic E-state index is 0.0503. The lowest BCUT2D eigenvalue weighted by Crippen LogP contribution is -2.23. The van der Waals surface area contributed by atoms with Crippen LogP contribution in [0.5, 0.6) is 11.5 Å². The zero-order chi connectivity index (χ0) is 22.9. The van der Waals surface area contributed by atoms with Crippen LogP contribution < -0.4 is 10.5 Å². The van der Waals surface area contributed by atoms with Crippen LogP contribution in [0.15, 0.2) is 78.9 Å². The standard InChI is InChI=1S/C27H22FN3O2/c1-17-26-20(14-24(30-17)18-6-4-7-22(29)13-18)16-31(27(26)32)15-19-5-2-3-8-25(19)33-23-11-9-21(28)10-12-23/h2-14H,15-16,29H2,1H3. The van der Waals surface area contributed by atoms with Crippen LogP contribution in [-0.4, -0.2) is 15.8 Å². The Kier molecular flexibility index (Phi) is 5.26. The molecule has 0 radical (unpaired) electrons. The molecule has 0 atom stereocenters. The maximum Gasteiger partial charge on any atom is 0.256 e. The van der Waals surface area contributed by atoms with Crippen LogP contribution in [0, 0.1) is 12.7 Å². The van der Waals surface area contributed by atoms with Gasteiger partial charge in [0.2, 0.25) is 0 Å². The first-order valence-corrected chi connectivity index (χ1v) is 10.6. The molecule has 6 heteroatoms. The van der Waals surface area contributed by atoms with Crippen molar-refractivity contribution in [3.63, 3.8) is 0 Å². The van der Waals surface area contributed by atoms with Gasteiger partial charge in [0.25, 0.3) is 5.91 Å². The molecule has 2 heterocycles. The monoisotopic (exact) mass is 439 g/mol. The number of amides is 1. The van der Waals surface area contributed by atoms with Gasteiger partial charge in [-0.25, -0.2) is 4.39 Å². The Morgan fingerprint density at radius 3 is 2.61 bits per heavy atom. The fourth-order valence-corrected chi connectivity index (χ4v) is 4.13. The van der Waals surface area contributed by atoms with Gasteiger partial charge in [0.1, 0.15) is 17.3 Å². The van der Waals surface area contributed by atoms with Crippen molar-refractivity contribution < 1.29 is 13.9 Å². The summed E-state index contributed by atoms with van der Waals surface area (Å²) in [4.78, 5) is 19.7. The smallest absolute Gasteiger partial charge is 0.256 e. The molecule has 1 aliphatic heterocycles. The van der Waals surface area contributed by atoms with Crippen molar-refractivity contribution >= 4 is 11.6 Å². The molecule has 0 unspecified atom stereocenters. The summed E-state index contributed by atoms with van der Waals surface area (Å²) >= 11 is 0. The van der Waals surface area contributed by atoms with Gasteiger partial charge in [-0.05, 0) is 61.0 Å². The van der Waals surface area contributed by atoms with Crippen molar-refractivity contribution in [1.29, 1.82) is 0 Å². The highest BCUT2D eigenvalue weighted by Crippen LogP contribution is 2.33. The van der Waals surface area contributed by atoms with Gasteiger partial charge in [0.05, 0.1) is 23.5 Å². The number of carbonyl (C=O) groups excluding carboxylic acids is 1. The highest BCUT2D eigenvalue weighted by atomic mass is 19.1. The maximum atomic E-state index is 13.2. The minimum atomic E-state index is -0.322. The highest BCUT2D eigenvalue weighted by Gasteiger charge is 2.31. The number of hydrogen-bond acceptors (Lipinski definition) is 4. The van der Waals surface area contributed by atoms with Crippen molar-refractivity contribution in [2.45, 2.75) is 20.0 Å². The predicted octanol–water partition coefficient (Wildman–Crippen LogP) is 5.73. The average Bonchev–Trinajstić information content (AvgIpc) is 3.12.